The molecule has 1 fully saturated rings. The largest absolute Gasteiger partial charge is 0.504 e. The van der Waals surface area contributed by atoms with Crippen molar-refractivity contribution in [3.05, 3.63) is 95.2 Å². The number of hydrogen-bond acceptors (Lipinski definition) is 10. The number of aromatic nitrogens is 2. The van der Waals surface area contributed by atoms with E-state index in [0.29, 0.717) is 36.6 Å². The molecular formula is C34H30FN7O4. The molecule has 0 aliphatic carbocycles. The summed E-state index contributed by atoms with van der Waals surface area (Å²) in [5.41, 5.74) is 5.11. The van der Waals surface area contributed by atoms with E-state index in [1.54, 1.807) is 17.6 Å². The van der Waals surface area contributed by atoms with Crippen molar-refractivity contribution >= 4 is 17.8 Å². The Morgan fingerprint density at radius 3 is 2.48 bits per heavy atom. The number of amides is 1. The second kappa shape index (κ2) is 14.3. The van der Waals surface area contributed by atoms with E-state index < -0.39 is 11.7 Å². The Balaban J connectivity index is 1.37. The van der Waals surface area contributed by atoms with Crippen molar-refractivity contribution in [1.82, 2.24) is 20.8 Å². The fraction of sp³-hybridized carbons (Fsp3) is 0.206. The highest BCUT2D eigenvalue weighted by atomic mass is 19.1. The zero-order chi connectivity index (χ0) is 32.6. The number of methoxy groups -OCH3 is 1. The minimum Gasteiger partial charge on any atom is -0.504 e. The number of nitriles is 2. The van der Waals surface area contributed by atoms with Crippen molar-refractivity contribution in [3.63, 3.8) is 0 Å². The van der Waals surface area contributed by atoms with Gasteiger partial charge in [-0.2, -0.15) is 10.5 Å². The van der Waals surface area contributed by atoms with E-state index in [9.17, 15) is 20.4 Å². The molecule has 4 N–H and O–H groups in total. The first-order valence-corrected chi connectivity index (χ1v) is 14.4. The summed E-state index contributed by atoms with van der Waals surface area (Å²) in [5, 5.41) is 42.3. The minimum absolute atomic E-state index is 0.0247. The SMILES string of the molecule is COc1cc(F)c(-c2cnc(N3CCC(NCc4ccc(/C=C/C(=O)NO)cc4)CC3)c(C#N)c2-c2ccc(C#N)nc2)cc1O. The number of benzene rings is 2. The first-order valence-electron chi connectivity index (χ1n) is 14.4. The number of phenolic OH excluding ortho intramolecular Hbond substituents is 1. The van der Waals surface area contributed by atoms with Crippen LogP contribution in [0.25, 0.3) is 28.3 Å². The van der Waals surface area contributed by atoms with Crippen LogP contribution in [0.1, 0.15) is 35.2 Å². The zero-order valence-electron chi connectivity index (χ0n) is 24.9. The zero-order valence-corrected chi connectivity index (χ0v) is 24.9. The number of halogens is 1. The summed E-state index contributed by atoms with van der Waals surface area (Å²) in [6.07, 6.45) is 7.39. The number of piperidine rings is 1. The Kier molecular flexibility index (Phi) is 9.83. The summed E-state index contributed by atoms with van der Waals surface area (Å²) in [4.78, 5) is 22.0. The molecule has 1 saturated heterocycles. The number of carbonyl (C=O) groups excluding carboxylic acids is 1. The second-order valence-corrected chi connectivity index (χ2v) is 10.6. The van der Waals surface area contributed by atoms with Crippen molar-refractivity contribution in [2.24, 2.45) is 0 Å². The van der Waals surface area contributed by atoms with Crippen LogP contribution in [0.2, 0.25) is 0 Å². The molecule has 0 atom stereocenters. The molecule has 3 heterocycles. The quantitative estimate of drug-likeness (QED) is 0.117. The Morgan fingerprint density at radius 1 is 1.09 bits per heavy atom. The lowest BCUT2D eigenvalue weighted by atomic mass is 9.92. The smallest absolute Gasteiger partial charge is 0.267 e. The number of hydroxylamine groups is 1. The Hall–Kier alpha value is -5.82. The highest BCUT2D eigenvalue weighted by Crippen LogP contribution is 2.42. The maximum atomic E-state index is 15.3. The molecule has 46 heavy (non-hydrogen) atoms. The lowest BCUT2D eigenvalue weighted by Gasteiger charge is -2.34. The molecule has 11 nitrogen and oxygen atoms in total. The third-order valence-electron chi connectivity index (χ3n) is 7.80. The molecule has 0 saturated carbocycles. The average molecular weight is 620 g/mol. The monoisotopic (exact) mass is 619 g/mol. The molecule has 4 aromatic rings. The summed E-state index contributed by atoms with van der Waals surface area (Å²) >= 11 is 0. The number of anilines is 1. The summed E-state index contributed by atoms with van der Waals surface area (Å²) in [5.74, 6) is -1.09. The molecule has 1 amide bonds. The lowest BCUT2D eigenvalue weighted by molar-refractivity contribution is -0.124. The highest BCUT2D eigenvalue weighted by molar-refractivity contribution is 5.91. The summed E-state index contributed by atoms with van der Waals surface area (Å²) in [7, 11) is 1.33. The maximum Gasteiger partial charge on any atom is 0.267 e. The van der Waals surface area contributed by atoms with Gasteiger partial charge < -0.3 is 20.1 Å². The molecule has 0 unspecified atom stereocenters. The minimum atomic E-state index is -0.664. The van der Waals surface area contributed by atoms with Crippen molar-refractivity contribution in [2.45, 2.75) is 25.4 Å². The number of aromatic hydroxyl groups is 1. The van der Waals surface area contributed by atoms with Gasteiger partial charge in [0.25, 0.3) is 5.91 Å². The third-order valence-corrected chi connectivity index (χ3v) is 7.80. The van der Waals surface area contributed by atoms with Gasteiger partial charge in [0.15, 0.2) is 11.5 Å². The van der Waals surface area contributed by atoms with Crippen molar-refractivity contribution < 1.29 is 24.2 Å². The van der Waals surface area contributed by atoms with E-state index in [0.717, 1.165) is 30.0 Å². The topological polar surface area (TPSA) is 167 Å². The number of ether oxygens (including phenoxy) is 1. The number of nitrogens with zero attached hydrogens (tertiary/aromatic N) is 5. The first kappa shape index (κ1) is 31.6. The molecule has 2 aromatic carbocycles. The molecule has 232 valence electrons. The van der Waals surface area contributed by atoms with Crippen LogP contribution < -0.4 is 20.4 Å². The molecular weight excluding hydrogens is 589 g/mol. The maximum absolute atomic E-state index is 15.3. The number of nitrogens with one attached hydrogen (secondary N) is 2. The Bertz CT molecular complexity index is 1840. The highest BCUT2D eigenvalue weighted by Gasteiger charge is 2.27. The van der Waals surface area contributed by atoms with Gasteiger partial charge in [0.1, 0.15) is 35.0 Å². The molecule has 1 aliphatic heterocycles. The number of rotatable bonds is 9. The molecule has 0 radical (unpaired) electrons. The van der Waals surface area contributed by atoms with E-state index in [1.807, 2.05) is 35.2 Å². The fourth-order valence-corrected chi connectivity index (χ4v) is 5.39. The standard InChI is InChI=1S/C34H30FN7O4/c1-46-31-15-29(35)26(14-30(31)43)28-20-40-34(27(17-37)33(28)23-7-8-25(16-36)39-19-23)42-12-10-24(11-13-42)38-18-22-4-2-21(3-5-22)6-9-32(44)41-45/h2-9,14-15,19-20,24,38,43,45H,10-13,18H2,1H3,(H,41,44)/b9-6+. The average Bonchev–Trinajstić information content (AvgIpc) is 3.10. The van der Waals surface area contributed by atoms with Gasteiger partial charge in [0.2, 0.25) is 0 Å². The first-order chi connectivity index (χ1) is 22.3. The summed E-state index contributed by atoms with van der Waals surface area (Å²) in [6, 6.07) is 17.7. The molecule has 0 spiro atoms. The van der Waals surface area contributed by atoms with E-state index in [4.69, 9.17) is 9.94 Å². The predicted octanol–water partition coefficient (Wildman–Crippen LogP) is 4.68. The lowest BCUT2D eigenvalue weighted by Crippen LogP contribution is -2.42. The molecule has 1 aliphatic rings. The molecule has 12 heteroatoms. The van der Waals surface area contributed by atoms with Gasteiger partial charge in [-0.05, 0) is 48.2 Å². The normalized spacial score (nSPS) is 13.3. The van der Waals surface area contributed by atoms with Gasteiger partial charge in [0, 0.05) is 72.5 Å². The second-order valence-electron chi connectivity index (χ2n) is 10.6. The van der Waals surface area contributed by atoms with E-state index >= 15 is 4.39 Å². The van der Waals surface area contributed by atoms with E-state index in [2.05, 4.69) is 21.4 Å². The fourth-order valence-electron chi connectivity index (χ4n) is 5.39. The van der Waals surface area contributed by atoms with Crippen LogP contribution in [0.3, 0.4) is 0 Å². The van der Waals surface area contributed by atoms with Gasteiger partial charge in [0.05, 0.1) is 7.11 Å². The Morgan fingerprint density at radius 2 is 1.85 bits per heavy atom. The van der Waals surface area contributed by atoms with Gasteiger partial charge in [-0.3, -0.25) is 10.0 Å². The number of carbonyl (C=O) groups is 1. The third kappa shape index (κ3) is 6.94. The van der Waals surface area contributed by atoms with Gasteiger partial charge in [-0.1, -0.05) is 24.3 Å². The Labute approximate surface area is 264 Å². The van der Waals surface area contributed by atoms with Crippen molar-refractivity contribution in [2.75, 3.05) is 25.1 Å². The van der Waals surface area contributed by atoms with Crippen LogP contribution in [0, 0.1) is 28.5 Å². The predicted molar refractivity (Wildman–Crippen MR) is 168 cm³/mol. The van der Waals surface area contributed by atoms with Crippen LogP contribution in [0.5, 0.6) is 11.5 Å². The van der Waals surface area contributed by atoms with Gasteiger partial charge in [-0.15, -0.1) is 0 Å². The van der Waals surface area contributed by atoms with Gasteiger partial charge in [-0.25, -0.2) is 19.8 Å². The van der Waals surface area contributed by atoms with Crippen molar-refractivity contribution in [3.8, 4) is 45.9 Å². The molecule has 2 aromatic heterocycles. The number of pyridine rings is 2. The number of hydrogen-bond donors (Lipinski definition) is 4. The van der Waals surface area contributed by atoms with E-state index in [-0.39, 0.29) is 39.9 Å². The van der Waals surface area contributed by atoms with Crippen LogP contribution in [-0.4, -0.2) is 52.4 Å². The molecule has 0 bridgehead atoms. The van der Waals surface area contributed by atoms with Crippen LogP contribution in [0.4, 0.5) is 10.2 Å². The van der Waals surface area contributed by atoms with E-state index in [1.165, 1.54) is 37.7 Å². The van der Waals surface area contributed by atoms with Crippen LogP contribution >= 0.6 is 0 Å². The van der Waals surface area contributed by atoms with Crippen LogP contribution in [-0.2, 0) is 11.3 Å². The summed E-state index contributed by atoms with van der Waals surface area (Å²) < 4.78 is 20.4. The molecule has 5 rings (SSSR count). The summed E-state index contributed by atoms with van der Waals surface area (Å²) in [6.45, 7) is 1.90. The van der Waals surface area contributed by atoms with Crippen molar-refractivity contribution in [1.29, 1.82) is 10.5 Å². The number of phenols is 1. The van der Waals surface area contributed by atoms with Gasteiger partial charge >= 0.3 is 0 Å². The van der Waals surface area contributed by atoms with Crippen LogP contribution in [0.15, 0.2) is 67.0 Å².